The second kappa shape index (κ2) is 5.11. The highest BCUT2D eigenvalue weighted by Crippen LogP contribution is 2.32. The van der Waals surface area contributed by atoms with Crippen LogP contribution in [-0.2, 0) is 0 Å². The molecular formula is C12H8ClFN2O3. The largest absolute Gasteiger partial charge is 0.455 e. The Morgan fingerprint density at radius 3 is 2.58 bits per heavy atom. The van der Waals surface area contributed by atoms with E-state index in [0.29, 0.717) is 0 Å². The van der Waals surface area contributed by atoms with Crippen LogP contribution in [-0.4, -0.2) is 4.92 Å². The molecule has 2 N–H and O–H groups in total. The third-order valence-electron chi connectivity index (χ3n) is 2.32. The fourth-order valence-electron chi connectivity index (χ4n) is 1.41. The molecule has 19 heavy (non-hydrogen) atoms. The first-order valence-corrected chi connectivity index (χ1v) is 5.52. The van der Waals surface area contributed by atoms with E-state index in [1.54, 1.807) is 0 Å². The van der Waals surface area contributed by atoms with E-state index in [1.165, 1.54) is 30.3 Å². The summed E-state index contributed by atoms with van der Waals surface area (Å²) in [5.74, 6) is -0.0501. The minimum Gasteiger partial charge on any atom is -0.455 e. The van der Waals surface area contributed by atoms with Crippen LogP contribution >= 0.6 is 11.6 Å². The Labute approximate surface area is 112 Å². The first-order valence-electron chi connectivity index (χ1n) is 5.14. The average Bonchev–Trinajstić information content (AvgIpc) is 2.36. The molecule has 0 saturated heterocycles. The van der Waals surface area contributed by atoms with E-state index in [1.807, 2.05) is 0 Å². The van der Waals surface area contributed by atoms with Crippen molar-refractivity contribution in [3.63, 3.8) is 0 Å². The Bertz CT molecular complexity index is 649. The van der Waals surface area contributed by atoms with E-state index in [0.717, 1.165) is 6.07 Å². The van der Waals surface area contributed by atoms with Crippen LogP contribution in [0.3, 0.4) is 0 Å². The fraction of sp³-hybridized carbons (Fsp3) is 0. The Morgan fingerprint density at radius 1 is 1.26 bits per heavy atom. The number of anilines is 1. The summed E-state index contributed by atoms with van der Waals surface area (Å²) in [6.45, 7) is 0. The lowest BCUT2D eigenvalue weighted by Crippen LogP contribution is -1.95. The quantitative estimate of drug-likeness (QED) is 0.528. The van der Waals surface area contributed by atoms with Crippen molar-refractivity contribution in [2.24, 2.45) is 0 Å². The highest BCUT2D eigenvalue weighted by atomic mass is 35.5. The lowest BCUT2D eigenvalue weighted by atomic mass is 10.2. The zero-order chi connectivity index (χ0) is 14.0. The molecule has 7 heteroatoms. The van der Waals surface area contributed by atoms with Gasteiger partial charge in [-0.05, 0) is 18.2 Å². The third kappa shape index (κ3) is 2.92. The van der Waals surface area contributed by atoms with Crippen molar-refractivity contribution in [2.45, 2.75) is 0 Å². The summed E-state index contributed by atoms with van der Waals surface area (Å²) in [6, 6.07) is 7.63. The van der Waals surface area contributed by atoms with Crippen LogP contribution in [0.25, 0.3) is 0 Å². The Morgan fingerprint density at radius 2 is 2.00 bits per heavy atom. The molecule has 0 spiro atoms. The number of nitrogens with zero attached hydrogens (tertiary/aromatic N) is 1. The number of hydrogen-bond acceptors (Lipinski definition) is 4. The molecule has 2 aromatic carbocycles. The molecule has 0 bridgehead atoms. The van der Waals surface area contributed by atoms with Gasteiger partial charge in [0.2, 0.25) is 0 Å². The lowest BCUT2D eigenvalue weighted by molar-refractivity contribution is -0.384. The summed E-state index contributed by atoms with van der Waals surface area (Å²) in [4.78, 5) is 9.99. The summed E-state index contributed by atoms with van der Waals surface area (Å²) in [7, 11) is 0. The van der Waals surface area contributed by atoms with Crippen molar-refractivity contribution in [1.82, 2.24) is 0 Å². The lowest BCUT2D eigenvalue weighted by Gasteiger charge is -2.08. The highest BCUT2D eigenvalue weighted by molar-refractivity contribution is 6.30. The van der Waals surface area contributed by atoms with Crippen LogP contribution in [0, 0.1) is 15.9 Å². The average molecular weight is 283 g/mol. The van der Waals surface area contributed by atoms with Gasteiger partial charge in [0.15, 0.2) is 5.75 Å². The van der Waals surface area contributed by atoms with E-state index in [9.17, 15) is 14.5 Å². The number of ether oxygens (including phenoxy) is 1. The van der Waals surface area contributed by atoms with Gasteiger partial charge in [0.25, 0.3) is 5.69 Å². The van der Waals surface area contributed by atoms with Crippen molar-refractivity contribution >= 4 is 23.0 Å². The normalized spacial score (nSPS) is 10.2. The van der Waals surface area contributed by atoms with Crippen LogP contribution in [0.4, 0.5) is 15.8 Å². The molecule has 2 aromatic rings. The van der Waals surface area contributed by atoms with Gasteiger partial charge in [-0.2, -0.15) is 0 Å². The summed E-state index contributed by atoms with van der Waals surface area (Å²) in [5.41, 5.74) is 5.61. The standard InChI is InChI=1S/C12H8ClFN2O3/c13-9-6-8(2-3-10(9)14)19-12-4-1-7(16(17)18)5-11(12)15/h1-6H,15H2. The Balaban J connectivity index is 2.28. The number of nitrogen functional groups attached to an aromatic ring is 1. The maximum Gasteiger partial charge on any atom is 0.271 e. The predicted octanol–water partition coefficient (Wildman–Crippen LogP) is 3.76. The molecule has 0 fully saturated rings. The van der Waals surface area contributed by atoms with Gasteiger partial charge < -0.3 is 10.5 Å². The van der Waals surface area contributed by atoms with Gasteiger partial charge in [0.05, 0.1) is 15.6 Å². The number of nitro benzene ring substituents is 1. The number of halogens is 2. The first-order chi connectivity index (χ1) is 8.97. The number of rotatable bonds is 3. The summed E-state index contributed by atoms with van der Waals surface area (Å²) >= 11 is 5.61. The number of nitro groups is 1. The van der Waals surface area contributed by atoms with Crippen molar-refractivity contribution < 1.29 is 14.1 Å². The molecule has 0 radical (unpaired) electrons. The Hall–Kier alpha value is -2.34. The monoisotopic (exact) mass is 282 g/mol. The van der Waals surface area contributed by atoms with Crippen molar-refractivity contribution in [3.05, 3.63) is 57.4 Å². The maximum atomic E-state index is 13.0. The van der Waals surface area contributed by atoms with Crippen molar-refractivity contribution in [3.8, 4) is 11.5 Å². The summed E-state index contributed by atoms with van der Waals surface area (Å²) in [6.07, 6.45) is 0. The highest BCUT2D eigenvalue weighted by Gasteiger charge is 2.10. The van der Waals surface area contributed by atoms with E-state index < -0.39 is 10.7 Å². The molecule has 0 aliphatic rings. The smallest absolute Gasteiger partial charge is 0.271 e. The van der Waals surface area contributed by atoms with Crippen LogP contribution in [0.2, 0.25) is 5.02 Å². The van der Waals surface area contributed by atoms with Gasteiger partial charge in [0.1, 0.15) is 11.6 Å². The number of hydrogen-bond donors (Lipinski definition) is 1. The zero-order valence-electron chi connectivity index (χ0n) is 9.47. The molecule has 0 unspecified atom stereocenters. The van der Waals surface area contributed by atoms with Gasteiger partial charge >= 0.3 is 0 Å². The maximum absolute atomic E-state index is 13.0. The van der Waals surface area contributed by atoms with Crippen LogP contribution in [0.15, 0.2) is 36.4 Å². The SMILES string of the molecule is Nc1cc([N+](=O)[O-])ccc1Oc1ccc(F)c(Cl)c1. The summed E-state index contributed by atoms with van der Waals surface area (Å²) in [5, 5.41) is 10.5. The zero-order valence-corrected chi connectivity index (χ0v) is 10.2. The van der Waals surface area contributed by atoms with E-state index in [2.05, 4.69) is 0 Å². The van der Waals surface area contributed by atoms with Crippen LogP contribution < -0.4 is 10.5 Å². The topological polar surface area (TPSA) is 78.4 Å². The van der Waals surface area contributed by atoms with Gasteiger partial charge in [-0.3, -0.25) is 10.1 Å². The van der Waals surface area contributed by atoms with Crippen LogP contribution in [0.1, 0.15) is 0 Å². The molecular weight excluding hydrogens is 275 g/mol. The third-order valence-corrected chi connectivity index (χ3v) is 2.61. The predicted molar refractivity (Wildman–Crippen MR) is 69.0 cm³/mol. The van der Waals surface area contributed by atoms with Crippen LogP contribution in [0.5, 0.6) is 11.5 Å². The molecule has 2 rings (SSSR count). The Kier molecular flexibility index (Phi) is 3.52. The van der Waals surface area contributed by atoms with E-state index >= 15 is 0 Å². The van der Waals surface area contributed by atoms with Crippen molar-refractivity contribution in [1.29, 1.82) is 0 Å². The van der Waals surface area contributed by atoms with Gasteiger partial charge in [-0.1, -0.05) is 11.6 Å². The molecule has 0 aliphatic heterocycles. The first kappa shape index (κ1) is 13.1. The number of benzene rings is 2. The molecule has 0 atom stereocenters. The molecule has 0 aliphatic carbocycles. The minimum absolute atomic E-state index is 0.0852. The fourth-order valence-corrected chi connectivity index (χ4v) is 1.58. The summed E-state index contributed by atoms with van der Waals surface area (Å²) < 4.78 is 18.4. The van der Waals surface area contributed by atoms with Gasteiger partial charge in [-0.15, -0.1) is 0 Å². The molecule has 0 saturated carbocycles. The molecule has 0 amide bonds. The number of nitrogens with two attached hydrogens (primary N) is 1. The second-order valence-electron chi connectivity index (χ2n) is 3.66. The van der Waals surface area contributed by atoms with E-state index in [-0.39, 0.29) is 27.9 Å². The number of non-ortho nitro benzene ring substituents is 1. The van der Waals surface area contributed by atoms with Gasteiger partial charge in [0, 0.05) is 18.2 Å². The van der Waals surface area contributed by atoms with Crippen molar-refractivity contribution in [2.75, 3.05) is 5.73 Å². The van der Waals surface area contributed by atoms with E-state index in [4.69, 9.17) is 22.1 Å². The minimum atomic E-state index is -0.564. The molecule has 0 aromatic heterocycles. The van der Waals surface area contributed by atoms with Gasteiger partial charge in [-0.25, -0.2) is 4.39 Å². The molecule has 0 heterocycles. The molecule has 98 valence electrons. The molecule has 5 nitrogen and oxygen atoms in total. The second-order valence-corrected chi connectivity index (χ2v) is 4.06.